The zero-order valence-electron chi connectivity index (χ0n) is 10.1. The molecule has 0 radical (unpaired) electrons. The lowest BCUT2D eigenvalue weighted by atomic mass is 10.1. The Hall–Kier alpha value is -1.42. The third-order valence-corrected chi connectivity index (χ3v) is 3.31. The summed E-state index contributed by atoms with van der Waals surface area (Å²) in [6.07, 6.45) is 0. The highest BCUT2D eigenvalue weighted by atomic mass is 35.5. The molecule has 0 amide bonds. The Morgan fingerprint density at radius 2 is 1.50 bits per heavy atom. The van der Waals surface area contributed by atoms with Crippen LogP contribution in [0.4, 0.5) is 5.69 Å². The number of carbonyl (C=O) groups is 1. The molecular formula is C14H10Cl3NO2. The number of anilines is 1. The second-order valence-electron chi connectivity index (χ2n) is 4.13. The van der Waals surface area contributed by atoms with Crippen molar-refractivity contribution in [3.63, 3.8) is 0 Å². The predicted molar refractivity (Wildman–Crippen MR) is 81.9 cm³/mol. The minimum Gasteiger partial charge on any atom is -0.479 e. The van der Waals surface area contributed by atoms with Gasteiger partial charge in [0.15, 0.2) is 6.04 Å². The lowest BCUT2D eigenvalue weighted by molar-refractivity contribution is -0.138. The van der Waals surface area contributed by atoms with Gasteiger partial charge in [-0.25, -0.2) is 4.79 Å². The molecule has 0 bridgehead atoms. The van der Waals surface area contributed by atoms with Gasteiger partial charge in [0.05, 0.1) is 0 Å². The number of hydrogen-bond acceptors (Lipinski definition) is 2. The van der Waals surface area contributed by atoms with Gasteiger partial charge in [-0.1, -0.05) is 34.8 Å². The Balaban J connectivity index is 2.31. The number of hydrogen-bond donors (Lipinski definition) is 2. The summed E-state index contributed by atoms with van der Waals surface area (Å²) in [5.74, 6) is -1.03. The molecule has 0 saturated carbocycles. The molecule has 2 aromatic rings. The van der Waals surface area contributed by atoms with E-state index in [1.54, 1.807) is 42.5 Å². The van der Waals surface area contributed by atoms with Crippen LogP contribution in [0.15, 0.2) is 42.5 Å². The summed E-state index contributed by atoms with van der Waals surface area (Å²) < 4.78 is 0. The first-order valence-electron chi connectivity index (χ1n) is 5.66. The van der Waals surface area contributed by atoms with Gasteiger partial charge in [-0.05, 0) is 48.0 Å². The number of carboxylic acid groups (broad SMARTS) is 1. The first-order chi connectivity index (χ1) is 9.45. The number of halogens is 3. The maximum Gasteiger partial charge on any atom is 0.330 e. The number of aliphatic carboxylic acids is 1. The van der Waals surface area contributed by atoms with Crippen molar-refractivity contribution < 1.29 is 9.90 Å². The molecule has 0 saturated heterocycles. The van der Waals surface area contributed by atoms with Gasteiger partial charge >= 0.3 is 5.97 Å². The summed E-state index contributed by atoms with van der Waals surface area (Å²) in [6.45, 7) is 0. The molecule has 20 heavy (non-hydrogen) atoms. The molecule has 0 aliphatic rings. The molecule has 2 aromatic carbocycles. The average molecular weight is 331 g/mol. The first kappa shape index (κ1) is 15.0. The molecule has 2 rings (SSSR count). The molecular weight excluding hydrogens is 321 g/mol. The average Bonchev–Trinajstić information content (AvgIpc) is 2.36. The van der Waals surface area contributed by atoms with Crippen LogP contribution in [0, 0.1) is 0 Å². The van der Waals surface area contributed by atoms with Gasteiger partial charge in [-0.15, -0.1) is 0 Å². The van der Waals surface area contributed by atoms with Crippen molar-refractivity contribution in [3.05, 3.63) is 63.1 Å². The lowest BCUT2D eigenvalue weighted by Crippen LogP contribution is -2.20. The molecule has 104 valence electrons. The number of nitrogens with one attached hydrogen (secondary N) is 1. The van der Waals surface area contributed by atoms with E-state index in [1.165, 1.54) is 0 Å². The van der Waals surface area contributed by atoms with Crippen LogP contribution in [-0.4, -0.2) is 11.1 Å². The third kappa shape index (κ3) is 3.79. The molecule has 6 heteroatoms. The van der Waals surface area contributed by atoms with Crippen molar-refractivity contribution in [2.24, 2.45) is 0 Å². The van der Waals surface area contributed by atoms with E-state index in [4.69, 9.17) is 34.8 Å². The van der Waals surface area contributed by atoms with Gasteiger partial charge in [0.2, 0.25) is 0 Å². The largest absolute Gasteiger partial charge is 0.479 e. The fraction of sp³-hybridized carbons (Fsp3) is 0.0714. The van der Waals surface area contributed by atoms with E-state index >= 15 is 0 Å². The fourth-order valence-corrected chi connectivity index (χ4v) is 2.41. The molecule has 2 N–H and O–H groups in total. The van der Waals surface area contributed by atoms with E-state index in [0.29, 0.717) is 26.3 Å². The standard InChI is InChI=1S/C14H10Cl3NO2/c15-9-1-3-12(4-2-9)18-13(14(19)20)8-5-10(16)7-11(17)6-8/h1-7,13,18H,(H,19,20). The van der Waals surface area contributed by atoms with Crippen LogP contribution in [0.2, 0.25) is 15.1 Å². The molecule has 0 heterocycles. The molecule has 0 aliphatic carbocycles. The number of benzene rings is 2. The van der Waals surface area contributed by atoms with Gasteiger partial charge in [-0.3, -0.25) is 0 Å². The molecule has 0 fully saturated rings. The predicted octanol–water partition coefficient (Wildman–Crippen LogP) is 4.88. The Kier molecular flexibility index (Phi) is 4.76. The summed E-state index contributed by atoms with van der Waals surface area (Å²) in [5, 5.41) is 13.6. The molecule has 0 aromatic heterocycles. The topological polar surface area (TPSA) is 49.3 Å². The van der Waals surface area contributed by atoms with Gasteiger partial charge in [-0.2, -0.15) is 0 Å². The zero-order valence-corrected chi connectivity index (χ0v) is 12.4. The van der Waals surface area contributed by atoms with Crippen LogP contribution in [0.3, 0.4) is 0 Å². The second kappa shape index (κ2) is 6.35. The highest BCUT2D eigenvalue weighted by molar-refractivity contribution is 6.34. The highest BCUT2D eigenvalue weighted by Gasteiger charge is 2.20. The quantitative estimate of drug-likeness (QED) is 0.839. The third-order valence-electron chi connectivity index (χ3n) is 2.62. The maximum absolute atomic E-state index is 11.4. The summed E-state index contributed by atoms with van der Waals surface area (Å²) >= 11 is 17.6. The van der Waals surface area contributed by atoms with Crippen LogP contribution in [0.5, 0.6) is 0 Å². The smallest absolute Gasteiger partial charge is 0.330 e. The first-order valence-corrected chi connectivity index (χ1v) is 6.80. The summed E-state index contributed by atoms with van der Waals surface area (Å²) in [7, 11) is 0. The lowest BCUT2D eigenvalue weighted by Gasteiger charge is -2.17. The summed E-state index contributed by atoms with van der Waals surface area (Å²) in [4.78, 5) is 11.4. The molecule has 1 atom stereocenters. The van der Waals surface area contributed by atoms with Crippen molar-refractivity contribution in [2.75, 3.05) is 5.32 Å². The maximum atomic E-state index is 11.4. The van der Waals surface area contributed by atoms with Crippen LogP contribution in [-0.2, 0) is 4.79 Å². The van der Waals surface area contributed by atoms with Gasteiger partial charge in [0.1, 0.15) is 0 Å². The second-order valence-corrected chi connectivity index (χ2v) is 5.43. The van der Waals surface area contributed by atoms with Crippen molar-refractivity contribution in [1.82, 2.24) is 0 Å². The van der Waals surface area contributed by atoms with Crippen molar-refractivity contribution in [1.29, 1.82) is 0 Å². The van der Waals surface area contributed by atoms with Gasteiger partial charge < -0.3 is 10.4 Å². The van der Waals surface area contributed by atoms with Crippen LogP contribution in [0.1, 0.15) is 11.6 Å². The minimum absolute atomic E-state index is 0.386. The molecule has 1 unspecified atom stereocenters. The number of rotatable bonds is 4. The number of carboxylic acids is 1. The molecule has 0 aliphatic heterocycles. The SMILES string of the molecule is O=C(O)C(Nc1ccc(Cl)cc1)c1cc(Cl)cc(Cl)c1. The van der Waals surface area contributed by atoms with E-state index in [1.807, 2.05) is 0 Å². The normalized spacial score (nSPS) is 11.9. The Morgan fingerprint density at radius 3 is 2.00 bits per heavy atom. The summed E-state index contributed by atoms with van der Waals surface area (Å²) in [5.41, 5.74) is 1.11. The van der Waals surface area contributed by atoms with Gasteiger partial charge in [0.25, 0.3) is 0 Å². The Morgan fingerprint density at radius 1 is 0.950 bits per heavy atom. The fourth-order valence-electron chi connectivity index (χ4n) is 1.74. The van der Waals surface area contributed by atoms with E-state index in [-0.39, 0.29) is 0 Å². The molecule has 0 spiro atoms. The van der Waals surface area contributed by atoms with Crippen molar-refractivity contribution in [3.8, 4) is 0 Å². The Labute approximate surface area is 131 Å². The van der Waals surface area contributed by atoms with E-state index in [2.05, 4.69) is 5.32 Å². The Bertz CT molecular complexity index is 609. The monoisotopic (exact) mass is 329 g/mol. The zero-order chi connectivity index (χ0) is 14.7. The van der Waals surface area contributed by atoms with Gasteiger partial charge in [0, 0.05) is 20.8 Å². The van der Waals surface area contributed by atoms with E-state index in [0.717, 1.165) is 0 Å². The van der Waals surface area contributed by atoms with E-state index < -0.39 is 12.0 Å². The van der Waals surface area contributed by atoms with Crippen molar-refractivity contribution in [2.45, 2.75) is 6.04 Å². The van der Waals surface area contributed by atoms with Crippen molar-refractivity contribution >= 4 is 46.5 Å². The summed E-state index contributed by atoms with van der Waals surface area (Å²) in [6, 6.07) is 10.5. The van der Waals surface area contributed by atoms with E-state index in [9.17, 15) is 9.90 Å². The van der Waals surface area contributed by atoms with Crippen LogP contribution in [0.25, 0.3) is 0 Å². The molecule has 3 nitrogen and oxygen atoms in total. The highest BCUT2D eigenvalue weighted by Crippen LogP contribution is 2.27. The van der Waals surface area contributed by atoms with Crippen LogP contribution < -0.4 is 5.32 Å². The minimum atomic E-state index is -1.03. The van der Waals surface area contributed by atoms with Crippen LogP contribution >= 0.6 is 34.8 Å².